The van der Waals surface area contributed by atoms with E-state index in [-0.39, 0.29) is 0 Å². The molecule has 0 bridgehead atoms. The van der Waals surface area contributed by atoms with Gasteiger partial charge in [-0.25, -0.2) is 14.1 Å². The van der Waals surface area contributed by atoms with Gasteiger partial charge in [-0.3, -0.25) is 0 Å². The molecule has 0 atom stereocenters. The van der Waals surface area contributed by atoms with Gasteiger partial charge in [0.2, 0.25) is 0 Å². The van der Waals surface area contributed by atoms with Crippen LogP contribution in [0.15, 0.2) is 24.5 Å². The molecule has 1 aromatic heterocycles. The number of aromatic nitrogens is 3. The number of hydrogen-bond donors (Lipinski definition) is 0. The lowest BCUT2D eigenvalue weighted by Crippen LogP contribution is -1.99. The van der Waals surface area contributed by atoms with E-state index < -0.39 is 5.82 Å². The Morgan fingerprint density at radius 3 is 2.87 bits per heavy atom. The van der Waals surface area contributed by atoms with E-state index in [9.17, 15) is 4.39 Å². The van der Waals surface area contributed by atoms with E-state index in [0.29, 0.717) is 17.1 Å². The van der Waals surface area contributed by atoms with Crippen LogP contribution in [0.25, 0.3) is 5.69 Å². The Labute approximate surface area is 85.6 Å². The molecule has 0 spiro atoms. The van der Waals surface area contributed by atoms with Crippen LogP contribution in [0.5, 0.6) is 0 Å². The van der Waals surface area contributed by atoms with E-state index in [1.807, 2.05) is 6.07 Å². The molecule has 5 heteroatoms. The van der Waals surface area contributed by atoms with Gasteiger partial charge in [0.05, 0.1) is 11.3 Å². The lowest BCUT2D eigenvalue weighted by Gasteiger charge is -2.02. The fourth-order valence-electron chi connectivity index (χ4n) is 1.25. The molecule has 1 aromatic carbocycles. The molecule has 0 aliphatic carbocycles. The summed E-state index contributed by atoms with van der Waals surface area (Å²) in [5.74, 6) is 0.167. The zero-order valence-corrected chi connectivity index (χ0v) is 7.98. The largest absolute Gasteiger partial charge is 0.220 e. The lowest BCUT2D eigenvalue weighted by atomic mass is 10.2. The maximum absolute atomic E-state index is 13.0. The van der Waals surface area contributed by atoms with Gasteiger partial charge in [-0.05, 0) is 19.1 Å². The van der Waals surface area contributed by atoms with Crippen LogP contribution >= 0.6 is 0 Å². The SMILES string of the molecule is Cc1ncn(-c2cc(F)ccc2C#N)n1. The normalized spacial score (nSPS) is 9.93. The van der Waals surface area contributed by atoms with Crippen LogP contribution in [0.2, 0.25) is 0 Å². The number of rotatable bonds is 1. The van der Waals surface area contributed by atoms with E-state index in [1.54, 1.807) is 6.92 Å². The van der Waals surface area contributed by atoms with Gasteiger partial charge in [0.1, 0.15) is 24.0 Å². The maximum Gasteiger partial charge on any atom is 0.147 e. The van der Waals surface area contributed by atoms with E-state index in [4.69, 9.17) is 5.26 Å². The Morgan fingerprint density at radius 1 is 1.47 bits per heavy atom. The van der Waals surface area contributed by atoms with Crippen molar-refractivity contribution in [3.05, 3.63) is 41.7 Å². The first-order chi connectivity index (χ1) is 7.20. The second-order valence-corrected chi connectivity index (χ2v) is 3.01. The van der Waals surface area contributed by atoms with Gasteiger partial charge < -0.3 is 0 Å². The highest BCUT2D eigenvalue weighted by Crippen LogP contribution is 2.14. The summed E-state index contributed by atoms with van der Waals surface area (Å²) in [5.41, 5.74) is 0.763. The van der Waals surface area contributed by atoms with Crippen LogP contribution in [0.1, 0.15) is 11.4 Å². The van der Waals surface area contributed by atoms with Gasteiger partial charge in [-0.15, -0.1) is 0 Å². The first-order valence-corrected chi connectivity index (χ1v) is 4.29. The van der Waals surface area contributed by atoms with Crippen LogP contribution in [0.4, 0.5) is 4.39 Å². The molecule has 0 amide bonds. The number of hydrogen-bond acceptors (Lipinski definition) is 3. The molecule has 1 heterocycles. The number of benzene rings is 1. The number of nitrogens with zero attached hydrogens (tertiary/aromatic N) is 4. The number of halogens is 1. The second-order valence-electron chi connectivity index (χ2n) is 3.01. The predicted octanol–water partition coefficient (Wildman–Crippen LogP) is 1.59. The van der Waals surface area contributed by atoms with Crippen LogP contribution in [0, 0.1) is 24.1 Å². The first kappa shape index (κ1) is 9.34. The van der Waals surface area contributed by atoms with E-state index in [2.05, 4.69) is 10.1 Å². The molecule has 4 nitrogen and oxygen atoms in total. The maximum atomic E-state index is 13.0. The third-order valence-electron chi connectivity index (χ3n) is 1.93. The third-order valence-corrected chi connectivity index (χ3v) is 1.93. The summed E-state index contributed by atoms with van der Waals surface area (Å²) in [6, 6.07) is 5.89. The summed E-state index contributed by atoms with van der Waals surface area (Å²) in [6.45, 7) is 1.72. The van der Waals surface area contributed by atoms with Crippen molar-refractivity contribution in [3.8, 4) is 11.8 Å². The molecule has 0 aliphatic rings. The van der Waals surface area contributed by atoms with Gasteiger partial charge >= 0.3 is 0 Å². The van der Waals surface area contributed by atoms with Crippen LogP contribution < -0.4 is 0 Å². The highest BCUT2D eigenvalue weighted by molar-refractivity contribution is 5.48. The topological polar surface area (TPSA) is 54.5 Å². The third kappa shape index (κ3) is 1.70. The fraction of sp³-hybridized carbons (Fsp3) is 0.100. The van der Waals surface area contributed by atoms with Gasteiger partial charge in [0, 0.05) is 6.07 Å². The molecule has 15 heavy (non-hydrogen) atoms. The minimum Gasteiger partial charge on any atom is -0.220 e. The minimum absolute atomic E-state index is 0.362. The van der Waals surface area contributed by atoms with Crippen molar-refractivity contribution in [2.75, 3.05) is 0 Å². The van der Waals surface area contributed by atoms with Crippen LogP contribution in [0.3, 0.4) is 0 Å². The standard InChI is InChI=1S/C10H7FN4/c1-7-13-6-15(14-7)10-4-9(11)3-2-8(10)5-12/h2-4,6H,1H3. The van der Waals surface area contributed by atoms with E-state index in [0.717, 1.165) is 0 Å². The summed E-state index contributed by atoms with van der Waals surface area (Å²) in [5, 5.41) is 12.9. The van der Waals surface area contributed by atoms with E-state index >= 15 is 0 Å². The molecular formula is C10H7FN4. The molecule has 0 aliphatic heterocycles. The summed E-state index contributed by atoms with van der Waals surface area (Å²) in [7, 11) is 0. The van der Waals surface area contributed by atoms with Crippen molar-refractivity contribution >= 4 is 0 Å². The Morgan fingerprint density at radius 2 is 2.27 bits per heavy atom. The number of nitriles is 1. The lowest BCUT2D eigenvalue weighted by molar-refractivity contribution is 0.625. The van der Waals surface area contributed by atoms with Crippen molar-refractivity contribution in [1.82, 2.24) is 14.8 Å². The fourth-order valence-corrected chi connectivity index (χ4v) is 1.25. The van der Waals surface area contributed by atoms with Gasteiger partial charge in [0.15, 0.2) is 0 Å². The predicted molar refractivity (Wildman–Crippen MR) is 50.8 cm³/mol. The zero-order chi connectivity index (χ0) is 10.8. The Balaban J connectivity index is 2.61. The smallest absolute Gasteiger partial charge is 0.147 e. The summed E-state index contributed by atoms with van der Waals surface area (Å²) < 4.78 is 14.4. The highest BCUT2D eigenvalue weighted by atomic mass is 19.1. The van der Waals surface area contributed by atoms with Crippen molar-refractivity contribution in [2.45, 2.75) is 6.92 Å². The Kier molecular flexibility index (Phi) is 2.18. The quantitative estimate of drug-likeness (QED) is 0.705. The summed E-state index contributed by atoms with van der Waals surface area (Å²) >= 11 is 0. The monoisotopic (exact) mass is 202 g/mol. The van der Waals surface area contributed by atoms with Gasteiger partial charge in [-0.2, -0.15) is 10.4 Å². The van der Waals surface area contributed by atoms with Crippen molar-refractivity contribution in [3.63, 3.8) is 0 Å². The molecular weight excluding hydrogens is 195 g/mol. The average Bonchev–Trinajstić information content (AvgIpc) is 2.65. The first-order valence-electron chi connectivity index (χ1n) is 4.29. The average molecular weight is 202 g/mol. The van der Waals surface area contributed by atoms with Gasteiger partial charge in [0.25, 0.3) is 0 Å². The summed E-state index contributed by atoms with van der Waals surface area (Å²) in [4.78, 5) is 3.92. The molecule has 0 fully saturated rings. The molecule has 2 rings (SSSR count). The molecule has 0 saturated heterocycles. The molecule has 0 N–H and O–H groups in total. The summed E-state index contributed by atoms with van der Waals surface area (Å²) in [6.07, 6.45) is 1.45. The second kappa shape index (κ2) is 3.50. The molecule has 74 valence electrons. The Bertz CT molecular complexity index is 539. The highest BCUT2D eigenvalue weighted by Gasteiger charge is 2.07. The molecule has 2 aromatic rings. The van der Waals surface area contributed by atoms with Gasteiger partial charge in [-0.1, -0.05) is 0 Å². The minimum atomic E-state index is -0.405. The zero-order valence-electron chi connectivity index (χ0n) is 7.98. The molecule has 0 saturated carbocycles. The Hall–Kier alpha value is -2.22. The van der Waals surface area contributed by atoms with Crippen molar-refractivity contribution in [1.29, 1.82) is 5.26 Å². The molecule has 0 radical (unpaired) electrons. The van der Waals surface area contributed by atoms with Crippen LogP contribution in [-0.4, -0.2) is 14.8 Å². The number of aryl methyl sites for hydroxylation is 1. The van der Waals surface area contributed by atoms with Crippen LogP contribution in [-0.2, 0) is 0 Å². The van der Waals surface area contributed by atoms with Crippen molar-refractivity contribution in [2.24, 2.45) is 0 Å². The van der Waals surface area contributed by atoms with Crippen molar-refractivity contribution < 1.29 is 4.39 Å². The molecule has 0 unspecified atom stereocenters. The van der Waals surface area contributed by atoms with E-state index in [1.165, 1.54) is 29.2 Å².